The Labute approximate surface area is 107 Å². The van der Waals surface area contributed by atoms with Crippen LogP contribution in [0.2, 0.25) is 0 Å². The molecule has 1 rings (SSSR count). The van der Waals surface area contributed by atoms with Crippen molar-refractivity contribution in [1.29, 1.82) is 0 Å². The molecule has 0 radical (unpaired) electrons. The van der Waals surface area contributed by atoms with E-state index < -0.39 is 17.2 Å². The topological polar surface area (TPSA) is 32.3 Å². The van der Waals surface area contributed by atoms with Crippen molar-refractivity contribution in [2.24, 2.45) is 0 Å². The Morgan fingerprint density at radius 1 is 1.28 bits per heavy atom. The third-order valence-electron chi connectivity index (χ3n) is 3.02. The fourth-order valence-corrected chi connectivity index (χ4v) is 1.80. The molecular formula is C14H21F2NO. The van der Waals surface area contributed by atoms with Crippen LogP contribution in [0.15, 0.2) is 12.1 Å². The largest absolute Gasteiger partial charge is 0.385 e. The van der Waals surface area contributed by atoms with Gasteiger partial charge in [0, 0.05) is 11.6 Å². The monoisotopic (exact) mass is 257 g/mol. The van der Waals surface area contributed by atoms with Gasteiger partial charge in [0.2, 0.25) is 0 Å². The SMILES string of the molecule is Cc1ccc(C(C)(O)CCNC(C)C)c(F)c1F. The van der Waals surface area contributed by atoms with Crippen LogP contribution in [0.3, 0.4) is 0 Å². The fraction of sp³-hybridized carbons (Fsp3) is 0.571. The van der Waals surface area contributed by atoms with Gasteiger partial charge < -0.3 is 10.4 Å². The number of hydrogen-bond acceptors (Lipinski definition) is 2. The van der Waals surface area contributed by atoms with Crippen LogP contribution in [0.4, 0.5) is 8.78 Å². The van der Waals surface area contributed by atoms with Gasteiger partial charge in [0.05, 0.1) is 5.60 Å². The molecule has 0 bridgehead atoms. The lowest BCUT2D eigenvalue weighted by Gasteiger charge is -2.25. The average Bonchev–Trinajstić information content (AvgIpc) is 2.24. The molecule has 18 heavy (non-hydrogen) atoms. The molecule has 0 spiro atoms. The normalized spacial score (nSPS) is 14.9. The van der Waals surface area contributed by atoms with Crippen LogP contribution in [0.1, 0.15) is 38.3 Å². The van der Waals surface area contributed by atoms with Gasteiger partial charge in [-0.25, -0.2) is 8.78 Å². The number of nitrogens with one attached hydrogen (secondary N) is 1. The first-order chi connectivity index (χ1) is 8.25. The van der Waals surface area contributed by atoms with Gasteiger partial charge >= 0.3 is 0 Å². The Morgan fingerprint density at radius 3 is 2.44 bits per heavy atom. The lowest BCUT2D eigenvalue weighted by atomic mass is 9.91. The summed E-state index contributed by atoms with van der Waals surface area (Å²) in [5, 5.41) is 13.4. The predicted molar refractivity (Wildman–Crippen MR) is 68.4 cm³/mol. The van der Waals surface area contributed by atoms with Crippen molar-refractivity contribution < 1.29 is 13.9 Å². The zero-order valence-electron chi connectivity index (χ0n) is 11.3. The Balaban J connectivity index is 2.88. The second kappa shape index (κ2) is 5.76. The van der Waals surface area contributed by atoms with Gasteiger partial charge in [-0.05, 0) is 32.4 Å². The maximum Gasteiger partial charge on any atom is 0.165 e. The van der Waals surface area contributed by atoms with Crippen molar-refractivity contribution >= 4 is 0 Å². The molecule has 0 aliphatic carbocycles. The summed E-state index contributed by atoms with van der Waals surface area (Å²) in [7, 11) is 0. The Bertz CT molecular complexity index is 417. The summed E-state index contributed by atoms with van der Waals surface area (Å²) in [6.45, 7) is 7.51. The number of hydrogen-bond donors (Lipinski definition) is 2. The fourth-order valence-electron chi connectivity index (χ4n) is 1.80. The van der Waals surface area contributed by atoms with Crippen molar-refractivity contribution in [1.82, 2.24) is 5.32 Å². The van der Waals surface area contributed by atoms with Gasteiger partial charge in [-0.2, -0.15) is 0 Å². The Hall–Kier alpha value is -1.00. The third kappa shape index (κ3) is 3.50. The molecule has 4 heteroatoms. The van der Waals surface area contributed by atoms with Crippen LogP contribution >= 0.6 is 0 Å². The molecule has 0 heterocycles. The molecule has 0 fully saturated rings. The zero-order chi connectivity index (χ0) is 13.9. The van der Waals surface area contributed by atoms with E-state index in [2.05, 4.69) is 5.32 Å². The summed E-state index contributed by atoms with van der Waals surface area (Å²) < 4.78 is 27.3. The second-order valence-electron chi connectivity index (χ2n) is 5.19. The molecule has 1 aromatic rings. The van der Waals surface area contributed by atoms with Crippen molar-refractivity contribution in [2.45, 2.75) is 45.8 Å². The molecule has 1 aromatic carbocycles. The number of halogens is 2. The van der Waals surface area contributed by atoms with Gasteiger partial charge in [0.15, 0.2) is 11.6 Å². The predicted octanol–water partition coefficient (Wildman–Crippen LogP) is 2.87. The standard InChI is InChI=1S/C14H21F2NO/c1-9(2)17-8-7-14(4,18)11-6-5-10(3)12(15)13(11)16/h5-6,9,17-18H,7-8H2,1-4H3. The first-order valence-corrected chi connectivity index (χ1v) is 6.16. The van der Waals surface area contributed by atoms with E-state index in [9.17, 15) is 13.9 Å². The Morgan fingerprint density at radius 2 is 1.89 bits per heavy atom. The minimum absolute atomic E-state index is 0.0103. The molecular weight excluding hydrogens is 236 g/mol. The summed E-state index contributed by atoms with van der Waals surface area (Å²) in [6, 6.07) is 3.22. The third-order valence-corrected chi connectivity index (χ3v) is 3.02. The number of aryl methyl sites for hydroxylation is 1. The van der Waals surface area contributed by atoms with E-state index in [0.717, 1.165) is 0 Å². The van der Waals surface area contributed by atoms with Crippen LogP contribution < -0.4 is 5.32 Å². The van der Waals surface area contributed by atoms with Gasteiger partial charge in [-0.1, -0.05) is 26.0 Å². The van der Waals surface area contributed by atoms with E-state index in [1.807, 2.05) is 13.8 Å². The van der Waals surface area contributed by atoms with Crippen molar-refractivity contribution in [3.63, 3.8) is 0 Å². The molecule has 2 N–H and O–H groups in total. The molecule has 0 aliphatic heterocycles. The highest BCUT2D eigenvalue weighted by molar-refractivity contribution is 5.29. The number of rotatable bonds is 5. The van der Waals surface area contributed by atoms with Gasteiger partial charge in [0.1, 0.15) is 0 Å². The molecule has 0 amide bonds. The summed E-state index contributed by atoms with van der Waals surface area (Å²) in [5.41, 5.74) is -1.12. The number of aliphatic hydroxyl groups is 1. The summed E-state index contributed by atoms with van der Waals surface area (Å²) in [6.07, 6.45) is 0.324. The minimum Gasteiger partial charge on any atom is -0.385 e. The first kappa shape index (κ1) is 15.1. The lowest BCUT2D eigenvalue weighted by Crippen LogP contribution is -2.32. The lowest BCUT2D eigenvalue weighted by molar-refractivity contribution is 0.0431. The molecule has 2 nitrogen and oxygen atoms in total. The summed E-state index contributed by atoms with van der Waals surface area (Å²) >= 11 is 0. The van der Waals surface area contributed by atoms with E-state index in [1.165, 1.54) is 26.0 Å². The zero-order valence-corrected chi connectivity index (χ0v) is 11.3. The van der Waals surface area contributed by atoms with Crippen LogP contribution in [-0.2, 0) is 5.60 Å². The Kier molecular flexibility index (Phi) is 4.82. The quantitative estimate of drug-likeness (QED) is 0.850. The van der Waals surface area contributed by atoms with E-state index >= 15 is 0 Å². The molecule has 0 saturated carbocycles. The van der Waals surface area contributed by atoms with Crippen molar-refractivity contribution in [2.75, 3.05) is 6.54 Å². The smallest absolute Gasteiger partial charge is 0.165 e. The maximum absolute atomic E-state index is 13.8. The molecule has 0 aromatic heterocycles. The molecule has 1 unspecified atom stereocenters. The van der Waals surface area contributed by atoms with E-state index in [0.29, 0.717) is 19.0 Å². The molecule has 102 valence electrons. The van der Waals surface area contributed by atoms with Gasteiger partial charge in [0.25, 0.3) is 0 Å². The van der Waals surface area contributed by atoms with Gasteiger partial charge in [-0.15, -0.1) is 0 Å². The van der Waals surface area contributed by atoms with E-state index in [1.54, 1.807) is 0 Å². The van der Waals surface area contributed by atoms with Gasteiger partial charge in [-0.3, -0.25) is 0 Å². The van der Waals surface area contributed by atoms with Crippen LogP contribution in [0.25, 0.3) is 0 Å². The average molecular weight is 257 g/mol. The highest BCUT2D eigenvalue weighted by atomic mass is 19.2. The molecule has 0 saturated heterocycles. The maximum atomic E-state index is 13.8. The van der Waals surface area contributed by atoms with E-state index in [4.69, 9.17) is 0 Å². The highest BCUT2D eigenvalue weighted by Gasteiger charge is 2.28. The number of benzene rings is 1. The molecule has 0 aliphatic rings. The van der Waals surface area contributed by atoms with Crippen LogP contribution in [0, 0.1) is 18.6 Å². The molecule has 1 atom stereocenters. The summed E-state index contributed by atoms with van der Waals surface area (Å²) in [5.74, 6) is -1.84. The summed E-state index contributed by atoms with van der Waals surface area (Å²) in [4.78, 5) is 0. The van der Waals surface area contributed by atoms with Crippen molar-refractivity contribution in [3.05, 3.63) is 34.9 Å². The van der Waals surface area contributed by atoms with E-state index in [-0.39, 0.29) is 11.1 Å². The second-order valence-corrected chi connectivity index (χ2v) is 5.19. The minimum atomic E-state index is -1.37. The highest BCUT2D eigenvalue weighted by Crippen LogP contribution is 2.28. The van der Waals surface area contributed by atoms with Crippen molar-refractivity contribution in [3.8, 4) is 0 Å². The van der Waals surface area contributed by atoms with Crippen LogP contribution in [-0.4, -0.2) is 17.7 Å². The van der Waals surface area contributed by atoms with Crippen LogP contribution in [0.5, 0.6) is 0 Å². The first-order valence-electron chi connectivity index (χ1n) is 6.16.